The van der Waals surface area contributed by atoms with Crippen molar-refractivity contribution in [3.8, 4) is 16.9 Å². The van der Waals surface area contributed by atoms with Gasteiger partial charge >= 0.3 is 5.43 Å². The Bertz CT molecular complexity index is 642. The number of nitro benzene ring substituents is 1. The Labute approximate surface area is 113 Å². The summed E-state index contributed by atoms with van der Waals surface area (Å²) in [6.45, 7) is 0. The summed E-state index contributed by atoms with van der Waals surface area (Å²) in [7, 11) is 0. The molecule has 96 valence electrons. The maximum Gasteiger partial charge on any atom is 0.409 e. The second-order valence-corrected chi connectivity index (χ2v) is 3.92. The highest BCUT2D eigenvalue weighted by Gasteiger charge is 2.18. The predicted octanol–water partition coefficient (Wildman–Crippen LogP) is 4.00. The van der Waals surface area contributed by atoms with Crippen LogP contribution in [0.1, 0.15) is 0 Å². The molecule has 0 heterocycles. The highest BCUT2D eigenvalue weighted by Crippen LogP contribution is 2.36. The van der Waals surface area contributed by atoms with Crippen LogP contribution >= 0.6 is 11.6 Å². The van der Waals surface area contributed by atoms with Gasteiger partial charge in [0, 0.05) is 23.2 Å². The van der Waals surface area contributed by atoms with E-state index in [1.54, 1.807) is 36.4 Å². The number of hydrogen-bond acceptors (Lipinski definition) is 4. The zero-order valence-corrected chi connectivity index (χ0v) is 10.3. The Balaban J connectivity index is 2.59. The van der Waals surface area contributed by atoms with Gasteiger partial charge in [0.05, 0.1) is 10.5 Å². The summed E-state index contributed by atoms with van der Waals surface area (Å²) in [6.07, 6.45) is 0. The molecular weight excluding hydrogens is 270 g/mol. The molecule has 0 saturated carbocycles. The number of para-hydroxylation sites is 2. The summed E-state index contributed by atoms with van der Waals surface area (Å²) >= 11 is 5.18. The Morgan fingerprint density at radius 2 is 1.63 bits per heavy atom. The number of ether oxygens (including phenoxy) is 1. The summed E-state index contributed by atoms with van der Waals surface area (Å²) in [4.78, 5) is 21.3. The number of carbonyl (C=O) groups is 1. The van der Waals surface area contributed by atoms with E-state index in [1.165, 1.54) is 12.1 Å². The molecule has 2 aromatic carbocycles. The van der Waals surface area contributed by atoms with E-state index in [1.807, 2.05) is 0 Å². The van der Waals surface area contributed by atoms with E-state index in [9.17, 15) is 14.9 Å². The van der Waals surface area contributed by atoms with Gasteiger partial charge in [-0.15, -0.1) is 0 Å². The lowest BCUT2D eigenvalue weighted by Crippen LogP contribution is -1.99. The van der Waals surface area contributed by atoms with Gasteiger partial charge in [0.15, 0.2) is 0 Å². The molecule has 0 spiro atoms. The van der Waals surface area contributed by atoms with Gasteiger partial charge in [0.1, 0.15) is 5.75 Å². The van der Waals surface area contributed by atoms with Crippen LogP contribution in [0.15, 0.2) is 48.5 Å². The van der Waals surface area contributed by atoms with Crippen molar-refractivity contribution in [3.63, 3.8) is 0 Å². The summed E-state index contributed by atoms with van der Waals surface area (Å²) < 4.78 is 4.84. The number of nitro groups is 1. The number of rotatable bonds is 3. The molecule has 5 nitrogen and oxygen atoms in total. The van der Waals surface area contributed by atoms with Gasteiger partial charge < -0.3 is 4.74 Å². The van der Waals surface area contributed by atoms with E-state index in [-0.39, 0.29) is 11.4 Å². The van der Waals surface area contributed by atoms with E-state index in [0.29, 0.717) is 11.1 Å². The third-order valence-corrected chi connectivity index (χ3v) is 2.55. The summed E-state index contributed by atoms with van der Waals surface area (Å²) in [5, 5.41) is 11.0. The molecule has 0 radical (unpaired) electrons. The largest absolute Gasteiger partial charge is 0.414 e. The molecule has 6 heteroatoms. The number of carbonyl (C=O) groups excluding carboxylic acids is 1. The molecule has 2 rings (SSSR count). The SMILES string of the molecule is O=C(Cl)Oc1ccccc1-c1ccccc1[N+](=O)[O-]. The molecule has 0 aliphatic heterocycles. The molecular formula is C13H8ClNO4. The highest BCUT2D eigenvalue weighted by molar-refractivity contribution is 6.61. The molecule has 19 heavy (non-hydrogen) atoms. The Kier molecular flexibility index (Phi) is 3.77. The van der Waals surface area contributed by atoms with Crippen LogP contribution in [-0.4, -0.2) is 10.4 Å². The van der Waals surface area contributed by atoms with Crippen molar-refractivity contribution in [2.75, 3.05) is 0 Å². The van der Waals surface area contributed by atoms with Gasteiger partial charge in [0.2, 0.25) is 0 Å². The first-order valence-electron chi connectivity index (χ1n) is 5.29. The third-order valence-electron chi connectivity index (χ3n) is 2.47. The Morgan fingerprint density at radius 3 is 2.26 bits per heavy atom. The van der Waals surface area contributed by atoms with Crippen LogP contribution < -0.4 is 4.74 Å². The molecule has 0 fully saturated rings. The van der Waals surface area contributed by atoms with Crippen LogP contribution in [0.25, 0.3) is 11.1 Å². The minimum absolute atomic E-state index is 0.0689. The van der Waals surface area contributed by atoms with Crippen molar-refractivity contribution < 1.29 is 14.5 Å². The summed E-state index contributed by atoms with van der Waals surface area (Å²) in [6, 6.07) is 12.7. The van der Waals surface area contributed by atoms with Crippen LogP contribution in [-0.2, 0) is 0 Å². The fourth-order valence-corrected chi connectivity index (χ4v) is 1.81. The fourth-order valence-electron chi connectivity index (χ4n) is 1.73. The second kappa shape index (κ2) is 5.49. The molecule has 0 aromatic heterocycles. The molecule has 2 aromatic rings. The van der Waals surface area contributed by atoms with Gasteiger partial charge in [0.25, 0.3) is 5.69 Å². The molecule has 0 bridgehead atoms. The number of halogens is 1. The van der Waals surface area contributed by atoms with Crippen molar-refractivity contribution in [2.24, 2.45) is 0 Å². The first-order valence-corrected chi connectivity index (χ1v) is 5.67. The minimum atomic E-state index is -0.994. The van der Waals surface area contributed by atoms with Crippen molar-refractivity contribution in [3.05, 3.63) is 58.6 Å². The Morgan fingerprint density at radius 1 is 1.05 bits per heavy atom. The van der Waals surface area contributed by atoms with Crippen molar-refractivity contribution in [2.45, 2.75) is 0 Å². The van der Waals surface area contributed by atoms with Gasteiger partial charge in [-0.2, -0.15) is 0 Å². The Hall–Kier alpha value is -2.40. The van der Waals surface area contributed by atoms with E-state index in [2.05, 4.69) is 0 Å². The second-order valence-electron chi connectivity index (χ2n) is 3.61. The first-order chi connectivity index (χ1) is 9.09. The van der Waals surface area contributed by atoms with Crippen LogP contribution in [0.2, 0.25) is 0 Å². The zero-order chi connectivity index (χ0) is 13.8. The lowest BCUT2D eigenvalue weighted by Gasteiger charge is -2.08. The van der Waals surface area contributed by atoms with Gasteiger partial charge in [-0.05, 0) is 12.1 Å². The van der Waals surface area contributed by atoms with Crippen LogP contribution in [0.4, 0.5) is 10.5 Å². The summed E-state index contributed by atoms with van der Waals surface area (Å²) in [5.74, 6) is 0.178. The molecule has 0 atom stereocenters. The number of benzene rings is 2. The van der Waals surface area contributed by atoms with Crippen LogP contribution in [0.3, 0.4) is 0 Å². The van der Waals surface area contributed by atoms with Gasteiger partial charge in [-0.3, -0.25) is 10.1 Å². The van der Waals surface area contributed by atoms with E-state index >= 15 is 0 Å². The van der Waals surface area contributed by atoms with Crippen LogP contribution in [0, 0.1) is 10.1 Å². The zero-order valence-electron chi connectivity index (χ0n) is 9.58. The molecule has 0 unspecified atom stereocenters. The van der Waals surface area contributed by atoms with Gasteiger partial charge in [-0.1, -0.05) is 30.3 Å². The minimum Gasteiger partial charge on any atom is -0.414 e. The molecule has 0 N–H and O–H groups in total. The first kappa shape index (κ1) is 13.0. The number of hydrogen-bond donors (Lipinski definition) is 0. The highest BCUT2D eigenvalue weighted by atomic mass is 35.5. The van der Waals surface area contributed by atoms with Crippen molar-refractivity contribution in [1.29, 1.82) is 0 Å². The average molecular weight is 278 g/mol. The topological polar surface area (TPSA) is 69.4 Å². The predicted molar refractivity (Wildman–Crippen MR) is 70.4 cm³/mol. The lowest BCUT2D eigenvalue weighted by atomic mass is 10.0. The molecule has 0 aliphatic rings. The average Bonchev–Trinajstić information content (AvgIpc) is 2.38. The maximum atomic E-state index is 11.0. The van der Waals surface area contributed by atoms with Crippen molar-refractivity contribution in [1.82, 2.24) is 0 Å². The normalized spacial score (nSPS) is 9.95. The van der Waals surface area contributed by atoms with Crippen molar-refractivity contribution >= 4 is 22.7 Å². The maximum absolute atomic E-state index is 11.0. The smallest absolute Gasteiger partial charge is 0.409 e. The van der Waals surface area contributed by atoms with E-state index in [4.69, 9.17) is 16.3 Å². The molecule has 0 amide bonds. The van der Waals surface area contributed by atoms with E-state index < -0.39 is 10.4 Å². The standard InChI is InChI=1S/C13H8ClNO4/c14-13(16)19-12-8-4-2-6-10(12)9-5-1-3-7-11(9)15(17)18/h1-8H. The number of nitrogens with zero attached hydrogens (tertiary/aromatic N) is 1. The molecule has 0 aliphatic carbocycles. The quantitative estimate of drug-likeness (QED) is 0.483. The van der Waals surface area contributed by atoms with E-state index in [0.717, 1.165) is 0 Å². The summed E-state index contributed by atoms with van der Waals surface area (Å²) in [5.41, 5.74) is -0.267. The molecule has 0 saturated heterocycles. The van der Waals surface area contributed by atoms with Gasteiger partial charge in [-0.25, -0.2) is 4.79 Å². The monoisotopic (exact) mass is 277 g/mol. The third kappa shape index (κ3) is 2.89. The fraction of sp³-hybridized carbons (Fsp3) is 0. The van der Waals surface area contributed by atoms with Crippen LogP contribution in [0.5, 0.6) is 5.75 Å². The lowest BCUT2D eigenvalue weighted by molar-refractivity contribution is -0.384.